The summed E-state index contributed by atoms with van der Waals surface area (Å²) in [5.74, 6) is 0.235. The van der Waals surface area contributed by atoms with Crippen LogP contribution in [0.25, 0.3) is 10.8 Å². The number of hydrogen-bond donors (Lipinski definition) is 1. The largest absolute Gasteiger partial charge is 0.486 e. The summed E-state index contributed by atoms with van der Waals surface area (Å²) < 4.78 is 11.0. The van der Waals surface area contributed by atoms with Gasteiger partial charge in [0.15, 0.2) is 17.3 Å². The zero-order valence-corrected chi connectivity index (χ0v) is 16.9. The van der Waals surface area contributed by atoms with Crippen molar-refractivity contribution in [3.8, 4) is 11.5 Å². The Morgan fingerprint density at radius 1 is 1.00 bits per heavy atom. The molecule has 0 saturated carbocycles. The molecule has 1 saturated heterocycles. The lowest BCUT2D eigenvalue weighted by Gasteiger charge is -2.24. The molecule has 2 aliphatic rings. The Balaban J connectivity index is 1.43. The molecule has 1 N–H and O–H groups in total. The fraction of sp³-hybridized carbons (Fsp3) is 0.208. The molecule has 1 unspecified atom stereocenters. The van der Waals surface area contributed by atoms with Crippen molar-refractivity contribution >= 4 is 28.5 Å². The molecular formula is C24H20N2O5. The van der Waals surface area contributed by atoms with Gasteiger partial charge in [-0.25, -0.2) is 4.79 Å². The zero-order valence-electron chi connectivity index (χ0n) is 16.9. The normalized spacial score (nSPS) is 20.1. The van der Waals surface area contributed by atoms with E-state index in [1.165, 1.54) is 0 Å². The molecule has 0 spiro atoms. The number of carbonyl (C=O) groups excluding carboxylic acids is 3. The minimum Gasteiger partial charge on any atom is -0.486 e. The van der Waals surface area contributed by atoms with Crippen molar-refractivity contribution in [2.45, 2.75) is 12.5 Å². The molecule has 1 atom stereocenters. The highest BCUT2D eigenvalue weighted by atomic mass is 16.6. The number of benzene rings is 3. The summed E-state index contributed by atoms with van der Waals surface area (Å²) in [4.78, 5) is 39.9. The van der Waals surface area contributed by atoms with Crippen molar-refractivity contribution in [1.82, 2.24) is 10.2 Å². The first kappa shape index (κ1) is 19.1. The van der Waals surface area contributed by atoms with Gasteiger partial charge in [0, 0.05) is 5.56 Å². The van der Waals surface area contributed by atoms with Gasteiger partial charge in [0.2, 0.25) is 0 Å². The van der Waals surface area contributed by atoms with Crippen molar-refractivity contribution in [2.75, 3.05) is 19.8 Å². The highest BCUT2D eigenvalue weighted by Gasteiger charge is 2.50. The van der Waals surface area contributed by atoms with Crippen LogP contribution < -0.4 is 14.8 Å². The number of urea groups is 1. The summed E-state index contributed by atoms with van der Waals surface area (Å²) >= 11 is 0. The molecule has 31 heavy (non-hydrogen) atoms. The number of imide groups is 1. The molecule has 2 aliphatic heterocycles. The number of ether oxygens (including phenoxy) is 2. The van der Waals surface area contributed by atoms with Gasteiger partial charge in [-0.05, 0) is 41.5 Å². The second-order valence-electron chi connectivity index (χ2n) is 7.75. The van der Waals surface area contributed by atoms with Crippen LogP contribution in [0, 0.1) is 0 Å². The number of rotatable bonds is 4. The Hall–Kier alpha value is -3.87. The maximum Gasteiger partial charge on any atom is 0.325 e. The summed E-state index contributed by atoms with van der Waals surface area (Å²) in [7, 11) is 0. The fourth-order valence-electron chi connectivity index (χ4n) is 4.14. The van der Waals surface area contributed by atoms with E-state index in [2.05, 4.69) is 5.32 Å². The molecule has 1 fully saturated rings. The Bertz CT molecular complexity index is 1230. The van der Waals surface area contributed by atoms with Gasteiger partial charge in [0.05, 0.1) is 6.54 Å². The van der Waals surface area contributed by atoms with Gasteiger partial charge in [-0.2, -0.15) is 0 Å². The molecule has 5 rings (SSSR count). The predicted octanol–water partition coefficient (Wildman–Crippen LogP) is 3.26. The van der Waals surface area contributed by atoms with Crippen molar-refractivity contribution in [3.05, 3.63) is 71.8 Å². The van der Waals surface area contributed by atoms with E-state index >= 15 is 0 Å². The van der Waals surface area contributed by atoms with Gasteiger partial charge < -0.3 is 14.8 Å². The molecule has 2 heterocycles. The van der Waals surface area contributed by atoms with Crippen LogP contribution in [0.5, 0.6) is 11.5 Å². The van der Waals surface area contributed by atoms with Crippen LogP contribution in [0.4, 0.5) is 4.79 Å². The standard InChI is InChI=1S/C24H20N2O5/c1-24(18-8-4-6-15-5-2-3-7-17(15)18)22(28)26(23(29)25-24)14-19(27)16-9-10-20-21(13-16)31-12-11-30-20/h2-10,13H,11-12,14H2,1H3,(H,25,29). The van der Waals surface area contributed by atoms with Crippen LogP contribution >= 0.6 is 0 Å². The van der Waals surface area contributed by atoms with Gasteiger partial charge in [0.1, 0.15) is 18.8 Å². The lowest BCUT2D eigenvalue weighted by atomic mass is 9.88. The predicted molar refractivity (Wildman–Crippen MR) is 113 cm³/mol. The number of fused-ring (bicyclic) bond motifs is 2. The second-order valence-corrected chi connectivity index (χ2v) is 7.75. The van der Waals surface area contributed by atoms with E-state index in [9.17, 15) is 14.4 Å². The number of nitrogens with one attached hydrogen (secondary N) is 1. The molecular weight excluding hydrogens is 396 g/mol. The van der Waals surface area contributed by atoms with Crippen LogP contribution in [0.3, 0.4) is 0 Å². The molecule has 3 aromatic rings. The van der Waals surface area contributed by atoms with Crippen LogP contribution in [0.1, 0.15) is 22.8 Å². The summed E-state index contributed by atoms with van der Waals surface area (Å²) in [6.45, 7) is 2.17. The minimum absolute atomic E-state index is 0.351. The van der Waals surface area contributed by atoms with Crippen LogP contribution in [0.15, 0.2) is 60.7 Å². The van der Waals surface area contributed by atoms with Gasteiger partial charge in [0.25, 0.3) is 5.91 Å². The average Bonchev–Trinajstić information content (AvgIpc) is 3.02. The fourth-order valence-corrected chi connectivity index (χ4v) is 4.14. The van der Waals surface area contributed by atoms with E-state index < -0.39 is 17.5 Å². The maximum absolute atomic E-state index is 13.3. The van der Waals surface area contributed by atoms with Gasteiger partial charge in [-0.1, -0.05) is 42.5 Å². The first-order valence-corrected chi connectivity index (χ1v) is 10.0. The van der Waals surface area contributed by atoms with Crippen molar-refractivity contribution < 1.29 is 23.9 Å². The second kappa shape index (κ2) is 7.12. The van der Waals surface area contributed by atoms with Gasteiger partial charge in [-0.3, -0.25) is 14.5 Å². The SMILES string of the molecule is CC1(c2cccc3ccccc23)NC(=O)N(CC(=O)c2ccc3c(c2)OCCO3)C1=O. The summed E-state index contributed by atoms with van der Waals surface area (Å²) in [5.41, 5.74) is -0.216. The molecule has 0 bridgehead atoms. The molecule has 0 aromatic heterocycles. The first-order valence-electron chi connectivity index (χ1n) is 10.0. The monoisotopic (exact) mass is 416 g/mol. The smallest absolute Gasteiger partial charge is 0.325 e. The summed E-state index contributed by atoms with van der Waals surface area (Å²) in [6, 6.07) is 17.6. The van der Waals surface area contributed by atoms with Crippen LogP contribution in [0.2, 0.25) is 0 Å². The number of hydrogen-bond acceptors (Lipinski definition) is 5. The highest BCUT2D eigenvalue weighted by Crippen LogP contribution is 2.34. The van der Waals surface area contributed by atoms with E-state index in [1.807, 2.05) is 42.5 Å². The Labute approximate surface area is 178 Å². The molecule has 0 radical (unpaired) electrons. The molecule has 7 nitrogen and oxygen atoms in total. The Kier molecular flexibility index (Phi) is 4.39. The Morgan fingerprint density at radius 2 is 1.74 bits per heavy atom. The van der Waals surface area contributed by atoms with E-state index in [0.29, 0.717) is 35.8 Å². The molecule has 7 heteroatoms. The van der Waals surface area contributed by atoms with E-state index in [4.69, 9.17) is 9.47 Å². The number of amides is 3. The van der Waals surface area contributed by atoms with E-state index in [1.54, 1.807) is 25.1 Å². The third kappa shape index (κ3) is 3.09. The van der Waals surface area contributed by atoms with Crippen molar-refractivity contribution in [1.29, 1.82) is 0 Å². The van der Waals surface area contributed by atoms with E-state index in [-0.39, 0.29) is 12.3 Å². The lowest BCUT2D eigenvalue weighted by molar-refractivity contribution is -0.130. The first-order chi connectivity index (χ1) is 15.0. The zero-order chi connectivity index (χ0) is 21.6. The summed E-state index contributed by atoms with van der Waals surface area (Å²) in [6.07, 6.45) is 0. The third-order valence-electron chi connectivity index (χ3n) is 5.77. The quantitative estimate of drug-likeness (QED) is 0.521. The molecule has 156 valence electrons. The summed E-state index contributed by atoms with van der Waals surface area (Å²) in [5, 5.41) is 4.63. The lowest BCUT2D eigenvalue weighted by Crippen LogP contribution is -2.41. The number of ketones is 1. The maximum atomic E-state index is 13.3. The van der Waals surface area contributed by atoms with Crippen molar-refractivity contribution in [3.63, 3.8) is 0 Å². The highest BCUT2D eigenvalue weighted by molar-refractivity contribution is 6.12. The average molecular weight is 416 g/mol. The molecule has 3 amide bonds. The van der Waals surface area contributed by atoms with Gasteiger partial charge >= 0.3 is 6.03 Å². The Morgan fingerprint density at radius 3 is 2.58 bits per heavy atom. The number of nitrogens with zero attached hydrogens (tertiary/aromatic N) is 1. The van der Waals surface area contributed by atoms with Crippen LogP contribution in [-0.4, -0.2) is 42.4 Å². The van der Waals surface area contributed by atoms with Crippen LogP contribution in [-0.2, 0) is 10.3 Å². The number of Topliss-reactive ketones (excluding diaryl/α,β-unsaturated/α-hetero) is 1. The molecule has 0 aliphatic carbocycles. The molecule has 3 aromatic carbocycles. The number of carbonyl (C=O) groups is 3. The minimum atomic E-state index is -1.26. The third-order valence-corrected chi connectivity index (χ3v) is 5.77. The van der Waals surface area contributed by atoms with Gasteiger partial charge in [-0.15, -0.1) is 0 Å². The van der Waals surface area contributed by atoms with E-state index in [0.717, 1.165) is 15.7 Å². The topological polar surface area (TPSA) is 84.9 Å². The van der Waals surface area contributed by atoms with Crippen molar-refractivity contribution in [2.24, 2.45) is 0 Å².